The highest BCUT2D eigenvalue weighted by atomic mass is 32.2. The van der Waals surface area contributed by atoms with Gasteiger partial charge in [0.25, 0.3) is 0 Å². The molecule has 2 bridgehead atoms. The summed E-state index contributed by atoms with van der Waals surface area (Å²) < 4.78 is 1.99. The Bertz CT molecular complexity index is 516. The van der Waals surface area contributed by atoms with E-state index in [1.54, 1.807) is 6.33 Å². The number of fused-ring (bicyclic) bond motifs is 2. The number of nitrogens with zero attached hydrogens (tertiary/aromatic N) is 3. The molecule has 2 fully saturated rings. The monoisotopic (exact) mass is 322 g/mol. The molecule has 1 amide bonds. The zero-order valence-corrected chi connectivity index (χ0v) is 14.3. The van der Waals surface area contributed by atoms with Crippen LogP contribution in [0.1, 0.15) is 52.0 Å². The summed E-state index contributed by atoms with van der Waals surface area (Å²) in [5.41, 5.74) is 0. The SMILES string of the molecule is CC(C)n1cnnc1SCC(=O)NCCC1CC2CCC1C2. The first-order valence-corrected chi connectivity index (χ1v) is 9.41. The van der Waals surface area contributed by atoms with Crippen LogP contribution in [0.15, 0.2) is 11.5 Å². The number of aromatic nitrogens is 3. The average Bonchev–Trinajstić information content (AvgIpc) is 3.21. The Balaban J connectivity index is 1.35. The van der Waals surface area contributed by atoms with Crippen LogP contribution in [0.25, 0.3) is 0 Å². The molecule has 0 spiro atoms. The molecule has 6 heteroatoms. The zero-order chi connectivity index (χ0) is 15.5. The van der Waals surface area contributed by atoms with Crippen LogP contribution in [0.2, 0.25) is 0 Å². The van der Waals surface area contributed by atoms with Gasteiger partial charge >= 0.3 is 0 Å². The fraction of sp³-hybridized carbons (Fsp3) is 0.812. The van der Waals surface area contributed by atoms with Crippen molar-refractivity contribution in [2.24, 2.45) is 17.8 Å². The molecule has 22 heavy (non-hydrogen) atoms. The number of carbonyl (C=O) groups excluding carboxylic acids is 1. The van der Waals surface area contributed by atoms with Gasteiger partial charge in [-0.25, -0.2) is 0 Å². The third-order valence-electron chi connectivity index (χ3n) is 5.15. The van der Waals surface area contributed by atoms with Gasteiger partial charge in [-0.2, -0.15) is 0 Å². The van der Waals surface area contributed by atoms with E-state index in [2.05, 4.69) is 29.4 Å². The lowest BCUT2D eigenvalue weighted by molar-refractivity contribution is -0.118. The van der Waals surface area contributed by atoms with Gasteiger partial charge < -0.3 is 9.88 Å². The summed E-state index contributed by atoms with van der Waals surface area (Å²) in [4.78, 5) is 12.0. The number of amides is 1. The van der Waals surface area contributed by atoms with Crippen LogP contribution < -0.4 is 5.32 Å². The predicted molar refractivity (Wildman–Crippen MR) is 87.7 cm³/mol. The predicted octanol–water partition coefficient (Wildman–Crippen LogP) is 2.89. The maximum Gasteiger partial charge on any atom is 0.230 e. The first-order valence-electron chi connectivity index (χ1n) is 8.42. The van der Waals surface area contributed by atoms with Crippen molar-refractivity contribution < 1.29 is 4.79 Å². The third kappa shape index (κ3) is 3.65. The van der Waals surface area contributed by atoms with Gasteiger partial charge in [0.1, 0.15) is 6.33 Å². The van der Waals surface area contributed by atoms with Crippen LogP contribution in [-0.4, -0.2) is 33.0 Å². The minimum absolute atomic E-state index is 0.103. The van der Waals surface area contributed by atoms with Crippen molar-refractivity contribution in [2.45, 2.75) is 57.1 Å². The van der Waals surface area contributed by atoms with Gasteiger partial charge in [0, 0.05) is 12.6 Å². The van der Waals surface area contributed by atoms with Gasteiger partial charge in [0.15, 0.2) is 5.16 Å². The molecule has 122 valence electrons. The number of rotatable bonds is 7. The lowest BCUT2D eigenvalue weighted by Gasteiger charge is -2.21. The number of thioether (sulfide) groups is 1. The molecule has 2 saturated carbocycles. The van der Waals surface area contributed by atoms with E-state index < -0.39 is 0 Å². The van der Waals surface area contributed by atoms with Gasteiger partial charge in [-0.1, -0.05) is 18.2 Å². The molecule has 3 atom stereocenters. The molecule has 1 aromatic rings. The summed E-state index contributed by atoms with van der Waals surface area (Å²) in [6.45, 7) is 5.00. The number of hydrogen-bond acceptors (Lipinski definition) is 4. The summed E-state index contributed by atoms with van der Waals surface area (Å²) in [5, 5.41) is 11.9. The Hall–Kier alpha value is -1.04. The Morgan fingerprint density at radius 3 is 3.00 bits per heavy atom. The molecule has 2 aliphatic rings. The Morgan fingerprint density at radius 2 is 2.32 bits per heavy atom. The first-order chi connectivity index (χ1) is 10.6. The third-order valence-corrected chi connectivity index (χ3v) is 6.11. The summed E-state index contributed by atoms with van der Waals surface area (Å²) >= 11 is 1.46. The molecule has 5 nitrogen and oxygen atoms in total. The number of hydrogen-bond donors (Lipinski definition) is 1. The Morgan fingerprint density at radius 1 is 1.45 bits per heavy atom. The number of carbonyl (C=O) groups is 1. The molecule has 3 rings (SSSR count). The van der Waals surface area contributed by atoms with Crippen LogP contribution in [0, 0.1) is 17.8 Å². The summed E-state index contributed by atoms with van der Waals surface area (Å²) in [5.74, 6) is 3.31. The zero-order valence-electron chi connectivity index (χ0n) is 13.5. The highest BCUT2D eigenvalue weighted by molar-refractivity contribution is 7.99. The topological polar surface area (TPSA) is 59.8 Å². The maximum absolute atomic E-state index is 12.0. The van der Waals surface area contributed by atoms with Gasteiger partial charge in [-0.05, 0) is 57.3 Å². The number of nitrogens with one attached hydrogen (secondary N) is 1. The molecule has 1 aromatic heterocycles. The first kappa shape index (κ1) is 15.8. The van der Waals surface area contributed by atoms with Crippen molar-refractivity contribution >= 4 is 17.7 Å². The lowest BCUT2D eigenvalue weighted by atomic mass is 9.86. The van der Waals surface area contributed by atoms with Crippen LogP contribution >= 0.6 is 11.8 Å². The molecular weight excluding hydrogens is 296 g/mol. The average molecular weight is 322 g/mol. The van der Waals surface area contributed by atoms with Gasteiger partial charge in [-0.3, -0.25) is 4.79 Å². The largest absolute Gasteiger partial charge is 0.355 e. The molecule has 1 heterocycles. The maximum atomic E-state index is 12.0. The van der Waals surface area contributed by atoms with E-state index in [9.17, 15) is 4.79 Å². The second-order valence-corrected chi connectivity index (χ2v) is 7.92. The minimum Gasteiger partial charge on any atom is -0.355 e. The van der Waals surface area contributed by atoms with E-state index in [4.69, 9.17) is 0 Å². The summed E-state index contributed by atoms with van der Waals surface area (Å²) in [7, 11) is 0. The van der Waals surface area contributed by atoms with E-state index in [1.165, 1.54) is 37.4 Å². The molecule has 3 unspecified atom stereocenters. The lowest BCUT2D eigenvalue weighted by Crippen LogP contribution is -2.28. The molecule has 2 aliphatic carbocycles. The highest BCUT2D eigenvalue weighted by Crippen LogP contribution is 2.49. The fourth-order valence-electron chi connectivity index (χ4n) is 4.00. The van der Waals surface area contributed by atoms with Gasteiger partial charge in [0.05, 0.1) is 5.75 Å². The molecule has 0 aliphatic heterocycles. The van der Waals surface area contributed by atoms with E-state index in [0.29, 0.717) is 11.8 Å². The minimum atomic E-state index is 0.103. The second kappa shape index (κ2) is 7.02. The quantitative estimate of drug-likeness (QED) is 0.784. The second-order valence-electron chi connectivity index (χ2n) is 6.98. The Kier molecular flexibility index (Phi) is 5.06. The standard InChI is InChI=1S/C16H26N4OS/c1-11(2)20-10-18-19-16(20)22-9-15(21)17-6-5-14-8-12-3-4-13(14)7-12/h10-14H,3-9H2,1-2H3,(H,17,21). The summed E-state index contributed by atoms with van der Waals surface area (Å²) in [6.07, 6.45) is 8.58. The Labute approximate surface area is 136 Å². The van der Waals surface area contributed by atoms with Crippen LogP contribution in [-0.2, 0) is 4.79 Å². The van der Waals surface area contributed by atoms with E-state index in [1.807, 2.05) is 4.57 Å². The van der Waals surface area contributed by atoms with E-state index in [0.717, 1.165) is 35.9 Å². The van der Waals surface area contributed by atoms with Crippen molar-refractivity contribution in [3.05, 3.63) is 6.33 Å². The molecule has 0 aromatic carbocycles. The van der Waals surface area contributed by atoms with Crippen molar-refractivity contribution in [3.63, 3.8) is 0 Å². The van der Waals surface area contributed by atoms with Crippen molar-refractivity contribution in [1.29, 1.82) is 0 Å². The molecule has 1 N–H and O–H groups in total. The highest BCUT2D eigenvalue weighted by Gasteiger charge is 2.38. The van der Waals surface area contributed by atoms with Gasteiger partial charge in [0.2, 0.25) is 5.91 Å². The van der Waals surface area contributed by atoms with Crippen LogP contribution in [0.5, 0.6) is 0 Å². The van der Waals surface area contributed by atoms with Crippen LogP contribution in [0.4, 0.5) is 0 Å². The smallest absolute Gasteiger partial charge is 0.230 e. The van der Waals surface area contributed by atoms with Crippen LogP contribution in [0.3, 0.4) is 0 Å². The normalized spacial score (nSPS) is 26.8. The summed E-state index contributed by atoms with van der Waals surface area (Å²) in [6, 6.07) is 0.318. The fourth-order valence-corrected chi connectivity index (χ4v) is 4.87. The van der Waals surface area contributed by atoms with Gasteiger partial charge in [-0.15, -0.1) is 10.2 Å². The molecular formula is C16H26N4OS. The van der Waals surface area contributed by atoms with Crippen molar-refractivity contribution in [1.82, 2.24) is 20.1 Å². The molecule has 0 radical (unpaired) electrons. The van der Waals surface area contributed by atoms with Crippen molar-refractivity contribution in [2.75, 3.05) is 12.3 Å². The van der Waals surface area contributed by atoms with E-state index >= 15 is 0 Å². The van der Waals surface area contributed by atoms with Crippen molar-refractivity contribution in [3.8, 4) is 0 Å². The van der Waals surface area contributed by atoms with E-state index in [-0.39, 0.29) is 5.91 Å². The molecule has 0 saturated heterocycles.